The van der Waals surface area contributed by atoms with Gasteiger partial charge >= 0.3 is 0 Å². The molecule has 2 rings (SSSR count). The predicted molar refractivity (Wildman–Crippen MR) is 58.8 cm³/mol. The standard InChI is InChI=1S/C8H10F2N8/c1-11-6-15-7(13-2-5(9)10)17-8(16-6)18-4-12-3-14-18/h3-5H,2H2,1H3,(H2,11,13,15,16,17). The molecule has 0 amide bonds. The van der Waals surface area contributed by atoms with Gasteiger partial charge in [0.2, 0.25) is 11.9 Å². The number of rotatable bonds is 5. The van der Waals surface area contributed by atoms with E-state index in [1.165, 1.54) is 17.3 Å². The highest BCUT2D eigenvalue weighted by atomic mass is 19.3. The van der Waals surface area contributed by atoms with Gasteiger partial charge in [0.25, 0.3) is 12.4 Å². The number of hydrogen-bond donors (Lipinski definition) is 2. The third-order valence-electron chi connectivity index (χ3n) is 1.89. The summed E-state index contributed by atoms with van der Waals surface area (Å²) >= 11 is 0. The lowest BCUT2D eigenvalue weighted by atomic mass is 10.6. The number of halogens is 2. The van der Waals surface area contributed by atoms with Crippen molar-refractivity contribution in [3.63, 3.8) is 0 Å². The molecule has 2 aromatic rings. The molecule has 0 aliphatic rings. The Labute approximate surface area is 100 Å². The summed E-state index contributed by atoms with van der Waals surface area (Å²) in [5, 5.41) is 8.96. The highest BCUT2D eigenvalue weighted by Gasteiger charge is 2.09. The fourth-order valence-electron chi connectivity index (χ4n) is 1.14. The summed E-state index contributed by atoms with van der Waals surface area (Å²) in [6, 6.07) is 0. The van der Waals surface area contributed by atoms with E-state index in [0.29, 0.717) is 0 Å². The van der Waals surface area contributed by atoms with Gasteiger partial charge in [0, 0.05) is 7.05 Å². The lowest BCUT2D eigenvalue weighted by Gasteiger charge is -2.07. The molecule has 0 aromatic carbocycles. The van der Waals surface area contributed by atoms with E-state index in [-0.39, 0.29) is 17.8 Å². The van der Waals surface area contributed by atoms with E-state index in [1.54, 1.807) is 7.05 Å². The number of alkyl halides is 2. The zero-order valence-electron chi connectivity index (χ0n) is 9.38. The van der Waals surface area contributed by atoms with Crippen LogP contribution in [0.25, 0.3) is 5.95 Å². The molecule has 2 aromatic heterocycles. The molecule has 0 bridgehead atoms. The van der Waals surface area contributed by atoms with Gasteiger partial charge < -0.3 is 10.6 Å². The first-order valence-electron chi connectivity index (χ1n) is 5.00. The van der Waals surface area contributed by atoms with Crippen LogP contribution in [-0.2, 0) is 0 Å². The molecule has 0 spiro atoms. The molecule has 0 saturated heterocycles. The first-order chi connectivity index (χ1) is 8.69. The van der Waals surface area contributed by atoms with Crippen LogP contribution in [0.5, 0.6) is 0 Å². The molecule has 8 nitrogen and oxygen atoms in total. The third kappa shape index (κ3) is 2.84. The molecular formula is C8H10F2N8. The Kier molecular flexibility index (Phi) is 3.55. The quantitative estimate of drug-likeness (QED) is 0.787. The van der Waals surface area contributed by atoms with E-state index in [4.69, 9.17) is 0 Å². The number of hydrogen-bond acceptors (Lipinski definition) is 7. The van der Waals surface area contributed by atoms with Gasteiger partial charge in [-0.25, -0.2) is 13.8 Å². The van der Waals surface area contributed by atoms with Crippen LogP contribution >= 0.6 is 0 Å². The van der Waals surface area contributed by atoms with Crippen molar-refractivity contribution in [2.24, 2.45) is 0 Å². The number of anilines is 2. The Morgan fingerprint density at radius 3 is 2.67 bits per heavy atom. The first-order valence-corrected chi connectivity index (χ1v) is 5.00. The van der Waals surface area contributed by atoms with Crippen molar-refractivity contribution in [3.05, 3.63) is 12.7 Å². The second-order valence-corrected chi connectivity index (χ2v) is 3.14. The molecule has 2 heterocycles. The molecule has 0 unspecified atom stereocenters. The Hall–Kier alpha value is -2.39. The third-order valence-corrected chi connectivity index (χ3v) is 1.89. The van der Waals surface area contributed by atoms with E-state index in [0.717, 1.165) is 0 Å². The summed E-state index contributed by atoms with van der Waals surface area (Å²) in [6.07, 6.45) is 0.218. The van der Waals surface area contributed by atoms with Crippen LogP contribution in [-0.4, -0.2) is 49.7 Å². The Bertz CT molecular complexity index is 500. The van der Waals surface area contributed by atoms with Crippen molar-refractivity contribution in [1.29, 1.82) is 0 Å². The lowest BCUT2D eigenvalue weighted by molar-refractivity contribution is 0.163. The molecule has 0 fully saturated rings. The number of aromatic nitrogens is 6. The van der Waals surface area contributed by atoms with Crippen LogP contribution in [0.4, 0.5) is 20.7 Å². The molecule has 0 aliphatic heterocycles. The van der Waals surface area contributed by atoms with Crippen molar-refractivity contribution in [2.45, 2.75) is 6.43 Å². The van der Waals surface area contributed by atoms with E-state index in [2.05, 4.69) is 35.7 Å². The molecule has 2 N–H and O–H groups in total. The number of nitrogens with one attached hydrogen (secondary N) is 2. The highest BCUT2D eigenvalue weighted by Crippen LogP contribution is 2.08. The largest absolute Gasteiger partial charge is 0.357 e. The second-order valence-electron chi connectivity index (χ2n) is 3.14. The van der Waals surface area contributed by atoms with E-state index >= 15 is 0 Å². The van der Waals surface area contributed by atoms with Crippen molar-refractivity contribution in [2.75, 3.05) is 24.2 Å². The van der Waals surface area contributed by atoms with Crippen molar-refractivity contribution in [3.8, 4) is 5.95 Å². The SMILES string of the molecule is CNc1nc(NCC(F)F)nc(-n2cncn2)n1. The Morgan fingerprint density at radius 2 is 2.06 bits per heavy atom. The van der Waals surface area contributed by atoms with E-state index in [1.807, 2.05) is 0 Å². The maximum absolute atomic E-state index is 12.1. The fourth-order valence-corrected chi connectivity index (χ4v) is 1.14. The predicted octanol–water partition coefficient (Wildman–Crippen LogP) is 0.171. The van der Waals surface area contributed by atoms with Gasteiger partial charge in [0.15, 0.2) is 0 Å². The van der Waals surface area contributed by atoms with Crippen LogP contribution < -0.4 is 10.6 Å². The summed E-state index contributed by atoms with van der Waals surface area (Å²) in [5.74, 6) is 0.469. The average Bonchev–Trinajstić information content (AvgIpc) is 2.89. The smallest absolute Gasteiger partial charge is 0.258 e. The molecular weight excluding hydrogens is 246 g/mol. The maximum atomic E-state index is 12.1. The topological polar surface area (TPSA) is 93.4 Å². The Balaban J connectivity index is 2.27. The first kappa shape index (κ1) is 12.1. The highest BCUT2D eigenvalue weighted by molar-refractivity contribution is 5.37. The molecule has 0 atom stereocenters. The average molecular weight is 256 g/mol. The van der Waals surface area contributed by atoms with Crippen LogP contribution in [0.1, 0.15) is 0 Å². The fraction of sp³-hybridized carbons (Fsp3) is 0.375. The molecule has 0 radical (unpaired) electrons. The molecule has 18 heavy (non-hydrogen) atoms. The zero-order chi connectivity index (χ0) is 13.0. The minimum Gasteiger partial charge on any atom is -0.357 e. The van der Waals surface area contributed by atoms with Gasteiger partial charge in [-0.15, -0.1) is 0 Å². The molecule has 10 heteroatoms. The summed E-state index contributed by atoms with van der Waals surface area (Å²) in [6.45, 7) is -0.538. The van der Waals surface area contributed by atoms with Crippen LogP contribution in [0, 0.1) is 0 Å². The minimum absolute atomic E-state index is 0.0418. The van der Waals surface area contributed by atoms with Gasteiger partial charge in [0.1, 0.15) is 12.7 Å². The minimum atomic E-state index is -2.49. The second kappa shape index (κ2) is 5.29. The maximum Gasteiger partial charge on any atom is 0.258 e. The van der Waals surface area contributed by atoms with Gasteiger partial charge in [-0.3, -0.25) is 0 Å². The van der Waals surface area contributed by atoms with E-state index in [9.17, 15) is 8.78 Å². The summed E-state index contributed by atoms with van der Waals surface area (Å²) in [5.41, 5.74) is 0. The van der Waals surface area contributed by atoms with Crippen molar-refractivity contribution in [1.82, 2.24) is 29.7 Å². The monoisotopic (exact) mass is 256 g/mol. The summed E-state index contributed by atoms with van der Waals surface area (Å²) in [4.78, 5) is 15.6. The van der Waals surface area contributed by atoms with Gasteiger partial charge in [-0.05, 0) is 0 Å². The Morgan fingerprint density at radius 1 is 1.28 bits per heavy atom. The van der Waals surface area contributed by atoms with E-state index < -0.39 is 13.0 Å². The molecule has 0 aliphatic carbocycles. The van der Waals surface area contributed by atoms with Crippen LogP contribution in [0.2, 0.25) is 0 Å². The number of nitrogens with zero attached hydrogens (tertiary/aromatic N) is 6. The summed E-state index contributed by atoms with van der Waals surface area (Å²) in [7, 11) is 1.61. The van der Waals surface area contributed by atoms with Gasteiger partial charge in [-0.1, -0.05) is 0 Å². The lowest BCUT2D eigenvalue weighted by Crippen LogP contribution is -2.15. The van der Waals surface area contributed by atoms with Crippen LogP contribution in [0.15, 0.2) is 12.7 Å². The van der Waals surface area contributed by atoms with Crippen LogP contribution in [0.3, 0.4) is 0 Å². The summed E-state index contributed by atoms with van der Waals surface area (Å²) < 4.78 is 25.5. The molecule has 96 valence electrons. The van der Waals surface area contributed by atoms with Crippen molar-refractivity contribution < 1.29 is 8.78 Å². The van der Waals surface area contributed by atoms with Crippen molar-refractivity contribution >= 4 is 11.9 Å². The normalized spacial score (nSPS) is 10.7. The van der Waals surface area contributed by atoms with Gasteiger partial charge in [-0.2, -0.15) is 24.7 Å². The van der Waals surface area contributed by atoms with Gasteiger partial charge in [0.05, 0.1) is 6.54 Å². The molecule has 0 saturated carbocycles. The zero-order valence-corrected chi connectivity index (χ0v) is 9.38.